The summed E-state index contributed by atoms with van der Waals surface area (Å²) in [7, 11) is 0. The van der Waals surface area contributed by atoms with E-state index in [0.717, 1.165) is 6.61 Å². The summed E-state index contributed by atoms with van der Waals surface area (Å²) in [5.74, 6) is 0. The van der Waals surface area contributed by atoms with Gasteiger partial charge in [0.15, 0.2) is 0 Å². The molecular formula is C17H34O. The quantitative estimate of drug-likeness (QED) is 0.443. The summed E-state index contributed by atoms with van der Waals surface area (Å²) < 4.78 is 5.89. The predicted octanol–water partition coefficient (Wildman–Crippen LogP) is 5.60. The van der Waals surface area contributed by atoms with Gasteiger partial charge in [-0.15, -0.1) is 0 Å². The van der Waals surface area contributed by atoms with E-state index in [0.29, 0.717) is 5.41 Å². The summed E-state index contributed by atoms with van der Waals surface area (Å²) in [6.45, 7) is 18.5. The Labute approximate surface area is 115 Å². The van der Waals surface area contributed by atoms with E-state index >= 15 is 0 Å². The van der Waals surface area contributed by atoms with Gasteiger partial charge in [0.25, 0.3) is 0 Å². The van der Waals surface area contributed by atoms with Crippen LogP contribution in [0.25, 0.3) is 0 Å². The highest BCUT2D eigenvalue weighted by Gasteiger charge is 2.21. The standard InChI is InChI=1S/C17H34O/c1-15(2,3)12-10-9-11-13-17(7,8)14-18-16(4,5)6/h10,12H,9,11,13-14H2,1-8H3. The molecule has 0 bridgehead atoms. The Morgan fingerprint density at radius 1 is 0.889 bits per heavy atom. The van der Waals surface area contributed by atoms with Gasteiger partial charge in [0.1, 0.15) is 0 Å². The maximum Gasteiger partial charge on any atom is 0.0598 e. The normalized spacial score (nSPS) is 14.4. The molecular weight excluding hydrogens is 220 g/mol. The van der Waals surface area contributed by atoms with Gasteiger partial charge in [0.05, 0.1) is 12.2 Å². The highest BCUT2D eigenvalue weighted by atomic mass is 16.5. The summed E-state index contributed by atoms with van der Waals surface area (Å²) in [5, 5.41) is 0. The minimum Gasteiger partial charge on any atom is -0.375 e. The van der Waals surface area contributed by atoms with E-state index in [1.165, 1.54) is 19.3 Å². The number of allylic oxidation sites excluding steroid dienone is 2. The molecule has 0 rings (SSSR count). The molecule has 0 aromatic heterocycles. The second kappa shape index (κ2) is 6.75. The van der Waals surface area contributed by atoms with Gasteiger partial charge in [-0.1, -0.05) is 46.8 Å². The van der Waals surface area contributed by atoms with E-state index in [4.69, 9.17) is 4.74 Å². The number of rotatable bonds is 6. The van der Waals surface area contributed by atoms with E-state index in [-0.39, 0.29) is 11.0 Å². The van der Waals surface area contributed by atoms with Crippen molar-refractivity contribution in [1.82, 2.24) is 0 Å². The first-order valence-electron chi connectivity index (χ1n) is 7.23. The monoisotopic (exact) mass is 254 g/mol. The Morgan fingerprint density at radius 3 is 1.89 bits per heavy atom. The SMILES string of the molecule is CC(C)(C)C=CCCCC(C)(C)COC(C)(C)C. The highest BCUT2D eigenvalue weighted by molar-refractivity contribution is 4.92. The average Bonchev–Trinajstić information content (AvgIpc) is 2.11. The van der Waals surface area contributed by atoms with Crippen LogP contribution < -0.4 is 0 Å². The molecule has 0 fully saturated rings. The molecule has 0 saturated heterocycles. The van der Waals surface area contributed by atoms with Crippen LogP contribution in [0, 0.1) is 10.8 Å². The van der Waals surface area contributed by atoms with Crippen molar-refractivity contribution in [3.05, 3.63) is 12.2 Å². The third kappa shape index (κ3) is 12.2. The third-order valence-corrected chi connectivity index (χ3v) is 2.74. The zero-order valence-corrected chi connectivity index (χ0v) is 13.9. The van der Waals surface area contributed by atoms with Crippen LogP contribution in [0.2, 0.25) is 0 Å². The summed E-state index contributed by atoms with van der Waals surface area (Å²) in [5.41, 5.74) is 0.567. The third-order valence-electron chi connectivity index (χ3n) is 2.74. The first kappa shape index (κ1) is 17.7. The molecule has 0 aliphatic heterocycles. The van der Waals surface area contributed by atoms with Crippen molar-refractivity contribution in [3.63, 3.8) is 0 Å². The van der Waals surface area contributed by atoms with Gasteiger partial charge in [0, 0.05) is 0 Å². The van der Waals surface area contributed by atoms with Gasteiger partial charge in [0.2, 0.25) is 0 Å². The Bertz CT molecular complexity index is 248. The maximum atomic E-state index is 5.89. The summed E-state index contributed by atoms with van der Waals surface area (Å²) in [4.78, 5) is 0. The molecule has 0 spiro atoms. The molecule has 0 aliphatic rings. The van der Waals surface area contributed by atoms with Crippen molar-refractivity contribution >= 4 is 0 Å². The Morgan fingerprint density at radius 2 is 1.44 bits per heavy atom. The molecule has 0 atom stereocenters. The molecule has 0 radical (unpaired) electrons. The molecule has 0 saturated carbocycles. The van der Waals surface area contributed by atoms with Crippen LogP contribution >= 0.6 is 0 Å². The predicted molar refractivity (Wildman–Crippen MR) is 81.9 cm³/mol. The molecule has 0 aliphatic carbocycles. The molecule has 0 N–H and O–H groups in total. The summed E-state index contributed by atoms with van der Waals surface area (Å²) in [6.07, 6.45) is 8.27. The zero-order chi connectivity index (χ0) is 14.4. The summed E-state index contributed by atoms with van der Waals surface area (Å²) >= 11 is 0. The van der Waals surface area contributed by atoms with E-state index in [2.05, 4.69) is 67.5 Å². The lowest BCUT2D eigenvalue weighted by molar-refractivity contribution is -0.0452. The minimum absolute atomic E-state index is 0.0244. The maximum absolute atomic E-state index is 5.89. The van der Waals surface area contributed by atoms with Crippen LogP contribution in [0.5, 0.6) is 0 Å². The molecule has 18 heavy (non-hydrogen) atoms. The lowest BCUT2D eigenvalue weighted by Gasteiger charge is -2.29. The molecule has 1 nitrogen and oxygen atoms in total. The Kier molecular flexibility index (Phi) is 6.63. The van der Waals surface area contributed by atoms with E-state index < -0.39 is 0 Å². The van der Waals surface area contributed by atoms with Crippen molar-refractivity contribution in [2.75, 3.05) is 6.61 Å². The molecule has 1 heteroatoms. The zero-order valence-electron chi connectivity index (χ0n) is 13.9. The highest BCUT2D eigenvalue weighted by Crippen LogP contribution is 2.26. The molecule has 0 amide bonds. The number of hydrogen-bond acceptors (Lipinski definition) is 1. The smallest absolute Gasteiger partial charge is 0.0598 e. The van der Waals surface area contributed by atoms with Gasteiger partial charge in [-0.3, -0.25) is 0 Å². The van der Waals surface area contributed by atoms with Crippen molar-refractivity contribution in [1.29, 1.82) is 0 Å². The van der Waals surface area contributed by atoms with Gasteiger partial charge in [-0.25, -0.2) is 0 Å². The first-order valence-corrected chi connectivity index (χ1v) is 7.23. The number of unbranched alkanes of at least 4 members (excludes halogenated alkanes) is 1. The second-order valence-corrected chi connectivity index (χ2v) is 8.23. The van der Waals surface area contributed by atoms with Gasteiger partial charge < -0.3 is 4.74 Å². The molecule has 0 unspecified atom stereocenters. The van der Waals surface area contributed by atoms with E-state index in [9.17, 15) is 0 Å². The van der Waals surface area contributed by atoms with Crippen LogP contribution in [0.15, 0.2) is 12.2 Å². The fraction of sp³-hybridized carbons (Fsp3) is 0.882. The average molecular weight is 254 g/mol. The van der Waals surface area contributed by atoms with Gasteiger partial charge >= 0.3 is 0 Å². The van der Waals surface area contributed by atoms with E-state index in [1.807, 2.05) is 0 Å². The van der Waals surface area contributed by atoms with Crippen LogP contribution in [0.1, 0.15) is 74.7 Å². The molecule has 0 aromatic carbocycles. The molecule has 0 aromatic rings. The lowest BCUT2D eigenvalue weighted by Crippen LogP contribution is -2.28. The van der Waals surface area contributed by atoms with Crippen LogP contribution in [0.4, 0.5) is 0 Å². The van der Waals surface area contributed by atoms with Gasteiger partial charge in [-0.2, -0.15) is 0 Å². The van der Waals surface area contributed by atoms with Crippen molar-refractivity contribution < 1.29 is 4.74 Å². The molecule has 108 valence electrons. The van der Waals surface area contributed by atoms with Crippen molar-refractivity contribution in [2.24, 2.45) is 10.8 Å². The summed E-state index contributed by atoms with van der Waals surface area (Å²) in [6, 6.07) is 0. The van der Waals surface area contributed by atoms with E-state index in [1.54, 1.807) is 0 Å². The fourth-order valence-corrected chi connectivity index (χ4v) is 1.62. The Hall–Kier alpha value is -0.300. The first-order chi connectivity index (χ1) is 7.91. The van der Waals surface area contributed by atoms with Crippen LogP contribution in [-0.2, 0) is 4.74 Å². The largest absolute Gasteiger partial charge is 0.375 e. The number of hydrogen-bond donors (Lipinski definition) is 0. The Balaban J connectivity index is 3.87. The molecule has 0 heterocycles. The topological polar surface area (TPSA) is 9.23 Å². The van der Waals surface area contributed by atoms with Crippen LogP contribution in [-0.4, -0.2) is 12.2 Å². The fourth-order valence-electron chi connectivity index (χ4n) is 1.62. The van der Waals surface area contributed by atoms with Crippen molar-refractivity contribution in [2.45, 2.75) is 80.3 Å². The lowest BCUT2D eigenvalue weighted by atomic mass is 9.87. The van der Waals surface area contributed by atoms with Crippen LogP contribution in [0.3, 0.4) is 0 Å². The van der Waals surface area contributed by atoms with Crippen molar-refractivity contribution in [3.8, 4) is 0 Å². The van der Waals surface area contributed by atoms with Gasteiger partial charge in [-0.05, 0) is 50.9 Å². The number of ether oxygens (including phenoxy) is 1. The minimum atomic E-state index is -0.0244. The second-order valence-electron chi connectivity index (χ2n) is 8.23.